The quantitative estimate of drug-likeness (QED) is 0.204. The molecule has 0 aliphatic carbocycles. The van der Waals surface area contributed by atoms with Gasteiger partial charge in [0, 0.05) is 104 Å². The summed E-state index contributed by atoms with van der Waals surface area (Å²) in [5.41, 5.74) is 6.09. The number of piperazine rings is 1. The molecule has 0 unspecified atom stereocenters. The molecule has 46 heavy (non-hydrogen) atoms. The van der Waals surface area contributed by atoms with Crippen LogP contribution >= 0.6 is 0 Å². The number of nitrogens with zero attached hydrogens (tertiary/aromatic N) is 4. The molecule has 247 valence electrons. The molecule has 4 aromatic rings. The van der Waals surface area contributed by atoms with E-state index in [9.17, 15) is 9.59 Å². The molecular weight excluding hydrogens is 653 g/mol. The Bertz CT molecular complexity index is 1640. The van der Waals surface area contributed by atoms with Crippen molar-refractivity contribution in [2.24, 2.45) is 0 Å². The maximum absolute atomic E-state index is 13.6. The third-order valence-corrected chi connectivity index (χ3v) is 7.30. The molecule has 9 nitrogen and oxygen atoms in total. The number of hydrogen-bond donors (Lipinski definition) is 3. The van der Waals surface area contributed by atoms with Gasteiger partial charge in [0.25, 0.3) is 11.5 Å². The Hall–Kier alpha value is -2.85. The van der Waals surface area contributed by atoms with Crippen LogP contribution in [0.3, 0.4) is 0 Å². The minimum atomic E-state index is -0.500. The maximum atomic E-state index is 13.6. The molecule has 1 aromatic carbocycles. The molecule has 1 fully saturated rings. The topological polar surface area (TPSA) is 117 Å². The molecule has 0 spiro atoms. The first kappa shape index (κ1) is 39.3. The summed E-state index contributed by atoms with van der Waals surface area (Å²) >= 11 is 0. The number of nitrogens with one attached hydrogen (secondary N) is 2. The smallest absolute Gasteiger partial charge is 0.253 e. The number of rotatable bonds is 6. The molecule has 1 aliphatic rings. The molecule has 5 rings (SSSR count). The number of hydrogen-bond acceptors (Lipinski definition) is 5. The Morgan fingerprint density at radius 3 is 2.22 bits per heavy atom. The minimum absolute atomic E-state index is 0. The minimum Gasteiger partial charge on any atom is -0.659 e. The predicted molar refractivity (Wildman–Crippen MR) is 187 cm³/mol. The number of H-pyrrole nitrogens is 1. The molecule has 0 atom stereocenters. The zero-order valence-electron chi connectivity index (χ0n) is 29.3. The normalized spacial score (nSPS) is 12.9. The summed E-state index contributed by atoms with van der Waals surface area (Å²) in [7, 11) is 0. The Balaban J connectivity index is 0.000000841. The summed E-state index contributed by atoms with van der Waals surface area (Å²) in [4.78, 5) is 36.0. The third-order valence-electron chi connectivity index (χ3n) is 7.30. The fourth-order valence-electron chi connectivity index (χ4n) is 5.31. The summed E-state index contributed by atoms with van der Waals surface area (Å²) in [5, 5.41) is 16.9. The van der Waals surface area contributed by atoms with Gasteiger partial charge in [-0.25, -0.2) is 4.98 Å². The average Bonchev–Trinajstić information content (AvgIpc) is 3.33. The second kappa shape index (κ2) is 17.3. The van der Waals surface area contributed by atoms with Gasteiger partial charge < -0.3 is 30.2 Å². The Morgan fingerprint density at radius 2 is 1.67 bits per heavy atom. The van der Waals surface area contributed by atoms with Crippen LogP contribution in [0.5, 0.6) is 0 Å². The number of fused-ring (bicyclic) bond motifs is 1. The molecule has 1 radical (unpaired) electrons. The summed E-state index contributed by atoms with van der Waals surface area (Å²) < 4.78 is 2.21. The predicted octanol–water partition coefficient (Wildman–Crippen LogP) is 6.82. The van der Waals surface area contributed by atoms with E-state index < -0.39 is 5.60 Å². The molecule has 1 aliphatic heterocycles. The van der Waals surface area contributed by atoms with Crippen molar-refractivity contribution >= 4 is 22.6 Å². The number of benzene rings is 1. The number of aromatic nitrogens is 3. The van der Waals surface area contributed by atoms with E-state index in [1.165, 1.54) is 0 Å². The molecule has 0 saturated carbocycles. The summed E-state index contributed by atoms with van der Waals surface area (Å²) in [6, 6.07) is 10.4. The molecule has 0 bridgehead atoms. The number of pyridine rings is 2. The molecule has 1 amide bonds. The number of anilines is 1. The summed E-state index contributed by atoms with van der Waals surface area (Å²) in [6.07, 6.45) is 3.99. The Kier molecular flexibility index (Phi) is 14.8. The fourth-order valence-corrected chi connectivity index (χ4v) is 5.31. The van der Waals surface area contributed by atoms with Crippen molar-refractivity contribution in [1.29, 1.82) is 0 Å². The fraction of sp³-hybridized carbons (Fsp3) is 0.472. The van der Waals surface area contributed by atoms with E-state index in [4.69, 9.17) is 10.1 Å². The average molecular weight is 705 g/mol. The number of aromatic amines is 1. The number of aliphatic hydroxyl groups is 1. The summed E-state index contributed by atoms with van der Waals surface area (Å²) in [5.74, 6) is 0.741. The van der Waals surface area contributed by atoms with Gasteiger partial charge in [0.05, 0.1) is 5.60 Å². The zero-order chi connectivity index (χ0) is 33.5. The third kappa shape index (κ3) is 10.3. The van der Waals surface area contributed by atoms with Gasteiger partial charge in [0.15, 0.2) is 0 Å². The van der Waals surface area contributed by atoms with Crippen LogP contribution in [-0.2, 0) is 39.3 Å². The standard InChI is InChI=1S/C30H35N6O2.C4H10O.C2H6.Y/c1-18(2)36-17-20(4)28-24(29(37)33-16-25-19(3)12-21(5)34-30(25)38)13-23(14-26(28)36)22-6-7-27(32-15-22)35-10-8-31-9-11-35;1-4(2,3)5;1-2;/h6-7,12-15,17-18H,8-11,16H2,1-5H3,(H,33,37)(H,34,38);5H,1-3H3;1-2H3;/q-1;;;. The molecule has 1 saturated heterocycles. The first-order valence-corrected chi connectivity index (χ1v) is 15.9. The van der Waals surface area contributed by atoms with E-state index in [0.717, 1.165) is 70.8 Å². The first-order chi connectivity index (χ1) is 21.2. The van der Waals surface area contributed by atoms with Crippen LogP contribution in [0.4, 0.5) is 5.82 Å². The van der Waals surface area contributed by atoms with Gasteiger partial charge in [-0.05, 0) is 102 Å². The van der Waals surface area contributed by atoms with Gasteiger partial charge in [0.1, 0.15) is 5.82 Å². The van der Waals surface area contributed by atoms with E-state index in [1.807, 2.05) is 59.0 Å². The van der Waals surface area contributed by atoms with Crippen molar-refractivity contribution in [2.45, 2.75) is 87.4 Å². The SMILES string of the molecule is CC.CC(C)(C)O.Cc1cc(C)c(CNC(=O)c2cc(-c3ccc(N4CC[N-]CC4)nc3)cc3c2c(C)cn3C(C)C)c(=O)[nH]1.[Y]. The largest absolute Gasteiger partial charge is 0.659 e. The van der Waals surface area contributed by atoms with Crippen LogP contribution in [0.2, 0.25) is 0 Å². The summed E-state index contributed by atoms with van der Waals surface area (Å²) in [6.45, 7) is 22.9. The Labute approximate surface area is 299 Å². The Morgan fingerprint density at radius 1 is 1.04 bits per heavy atom. The van der Waals surface area contributed by atoms with E-state index in [1.54, 1.807) is 20.8 Å². The van der Waals surface area contributed by atoms with Gasteiger partial charge in [-0.15, -0.1) is 13.1 Å². The van der Waals surface area contributed by atoms with Crippen molar-refractivity contribution in [1.82, 2.24) is 19.9 Å². The van der Waals surface area contributed by atoms with Crippen molar-refractivity contribution in [3.8, 4) is 11.1 Å². The first-order valence-electron chi connectivity index (χ1n) is 15.9. The van der Waals surface area contributed by atoms with Crippen molar-refractivity contribution < 1.29 is 42.6 Å². The molecule has 4 heterocycles. The van der Waals surface area contributed by atoms with Gasteiger partial charge in [-0.1, -0.05) is 13.8 Å². The van der Waals surface area contributed by atoms with Crippen LogP contribution in [0.15, 0.2) is 47.5 Å². The van der Waals surface area contributed by atoms with Gasteiger partial charge in [0.2, 0.25) is 0 Å². The van der Waals surface area contributed by atoms with Crippen LogP contribution in [0, 0.1) is 20.8 Å². The van der Waals surface area contributed by atoms with E-state index in [2.05, 4.69) is 57.3 Å². The second-order valence-electron chi connectivity index (χ2n) is 12.6. The monoisotopic (exact) mass is 704 g/mol. The number of aryl methyl sites for hydroxylation is 3. The molecule has 3 aromatic heterocycles. The van der Waals surface area contributed by atoms with Gasteiger partial charge >= 0.3 is 0 Å². The molecular formula is C36H51N6O3Y-. The van der Waals surface area contributed by atoms with Crippen LogP contribution in [-0.4, -0.2) is 57.3 Å². The molecule has 3 N–H and O–H groups in total. The zero-order valence-corrected chi connectivity index (χ0v) is 32.1. The number of carbonyl (C=O) groups excluding carboxylic acids is 1. The molecule has 10 heteroatoms. The number of carbonyl (C=O) groups is 1. The van der Waals surface area contributed by atoms with Gasteiger partial charge in [-0.3, -0.25) is 9.59 Å². The van der Waals surface area contributed by atoms with E-state index >= 15 is 0 Å². The van der Waals surface area contributed by atoms with E-state index in [-0.39, 0.29) is 56.8 Å². The van der Waals surface area contributed by atoms with Crippen LogP contribution in [0.1, 0.15) is 87.3 Å². The van der Waals surface area contributed by atoms with Crippen molar-refractivity contribution in [3.63, 3.8) is 0 Å². The second-order valence-corrected chi connectivity index (χ2v) is 12.6. The van der Waals surface area contributed by atoms with Crippen molar-refractivity contribution in [2.75, 3.05) is 31.1 Å². The maximum Gasteiger partial charge on any atom is 0.253 e. The van der Waals surface area contributed by atoms with E-state index in [0.29, 0.717) is 11.1 Å². The van der Waals surface area contributed by atoms with Crippen molar-refractivity contribution in [3.05, 3.63) is 86.3 Å². The van der Waals surface area contributed by atoms with Crippen LogP contribution < -0.4 is 15.8 Å². The van der Waals surface area contributed by atoms with Gasteiger partial charge in [-0.2, -0.15) is 0 Å². The van der Waals surface area contributed by atoms with Crippen LogP contribution in [0.25, 0.3) is 27.3 Å². The number of amides is 1.